The van der Waals surface area contributed by atoms with Crippen LogP contribution >= 0.6 is 0 Å². The van der Waals surface area contributed by atoms with Gasteiger partial charge < -0.3 is 14.4 Å². The molecule has 0 saturated carbocycles. The molecular formula is C19H25N3O3. The molecule has 0 atom stereocenters. The summed E-state index contributed by atoms with van der Waals surface area (Å²) < 4.78 is 13.1. The number of aromatic nitrogens is 2. The first-order chi connectivity index (χ1) is 11.8. The lowest BCUT2D eigenvalue weighted by molar-refractivity contribution is 0.0224. The Morgan fingerprint density at radius 1 is 1.24 bits per heavy atom. The lowest BCUT2D eigenvalue weighted by atomic mass is 10.00. The van der Waals surface area contributed by atoms with Crippen molar-refractivity contribution >= 4 is 6.09 Å². The molecule has 1 aromatic carbocycles. The molecule has 6 heteroatoms. The Balaban J connectivity index is 1.63. The fourth-order valence-electron chi connectivity index (χ4n) is 2.80. The van der Waals surface area contributed by atoms with Crippen molar-refractivity contribution in [2.24, 2.45) is 7.05 Å². The van der Waals surface area contributed by atoms with Crippen molar-refractivity contribution in [3.8, 4) is 5.75 Å². The van der Waals surface area contributed by atoms with Crippen molar-refractivity contribution in [2.45, 2.75) is 45.9 Å². The Morgan fingerprint density at radius 3 is 2.72 bits per heavy atom. The first-order valence-electron chi connectivity index (χ1n) is 8.51. The van der Waals surface area contributed by atoms with Gasteiger partial charge in [-0.05, 0) is 56.5 Å². The maximum atomic E-state index is 12.2. The summed E-state index contributed by atoms with van der Waals surface area (Å²) in [6.07, 6.45) is 2.31. The molecule has 0 unspecified atom stereocenters. The molecule has 0 fully saturated rings. The number of aryl methyl sites for hydroxylation is 1. The molecule has 134 valence electrons. The van der Waals surface area contributed by atoms with Gasteiger partial charge in [-0.2, -0.15) is 5.10 Å². The molecule has 2 heterocycles. The summed E-state index contributed by atoms with van der Waals surface area (Å²) in [4.78, 5) is 14.0. The summed E-state index contributed by atoms with van der Waals surface area (Å²) >= 11 is 0. The zero-order valence-corrected chi connectivity index (χ0v) is 15.3. The highest BCUT2D eigenvalue weighted by Crippen LogP contribution is 2.25. The van der Waals surface area contributed by atoms with E-state index in [-0.39, 0.29) is 6.09 Å². The average molecular weight is 343 g/mol. The van der Waals surface area contributed by atoms with E-state index in [0.29, 0.717) is 19.7 Å². The lowest BCUT2D eigenvalue weighted by Crippen LogP contribution is -2.39. The molecule has 3 rings (SSSR count). The van der Waals surface area contributed by atoms with Gasteiger partial charge >= 0.3 is 6.09 Å². The summed E-state index contributed by atoms with van der Waals surface area (Å²) in [7, 11) is 1.90. The highest BCUT2D eigenvalue weighted by Gasteiger charge is 2.25. The third kappa shape index (κ3) is 4.32. The van der Waals surface area contributed by atoms with Crippen LogP contribution in [0.2, 0.25) is 0 Å². The minimum absolute atomic E-state index is 0.255. The third-order valence-corrected chi connectivity index (χ3v) is 4.15. The number of fused-ring (bicyclic) bond motifs is 1. The second-order valence-corrected chi connectivity index (χ2v) is 7.32. The fourth-order valence-corrected chi connectivity index (χ4v) is 2.80. The quantitative estimate of drug-likeness (QED) is 0.858. The van der Waals surface area contributed by atoms with E-state index < -0.39 is 5.60 Å². The van der Waals surface area contributed by atoms with Crippen LogP contribution in [0.5, 0.6) is 5.75 Å². The summed E-state index contributed by atoms with van der Waals surface area (Å²) in [5.74, 6) is 0.839. The van der Waals surface area contributed by atoms with Crippen LogP contribution < -0.4 is 4.74 Å². The predicted molar refractivity (Wildman–Crippen MR) is 94.3 cm³/mol. The molecule has 6 nitrogen and oxygen atoms in total. The van der Waals surface area contributed by atoms with Gasteiger partial charge in [-0.15, -0.1) is 0 Å². The molecule has 0 aliphatic carbocycles. The Bertz CT molecular complexity index is 762. The van der Waals surface area contributed by atoms with Crippen molar-refractivity contribution in [3.63, 3.8) is 0 Å². The van der Waals surface area contributed by atoms with E-state index in [1.54, 1.807) is 15.8 Å². The van der Waals surface area contributed by atoms with Crippen molar-refractivity contribution in [3.05, 3.63) is 47.3 Å². The minimum atomic E-state index is -0.471. The summed E-state index contributed by atoms with van der Waals surface area (Å²) in [6.45, 7) is 7.37. The molecule has 0 N–H and O–H groups in total. The second-order valence-electron chi connectivity index (χ2n) is 7.32. The SMILES string of the molecule is Cn1nccc1COc1ccc2c(c1)CCN(C(=O)OC(C)(C)C)C2. The van der Waals surface area contributed by atoms with Gasteiger partial charge in [0.15, 0.2) is 0 Å². The maximum Gasteiger partial charge on any atom is 0.410 e. The molecule has 0 spiro atoms. The van der Waals surface area contributed by atoms with Crippen LogP contribution in [0.4, 0.5) is 4.79 Å². The van der Waals surface area contributed by atoms with Crippen molar-refractivity contribution < 1.29 is 14.3 Å². The Kier molecular flexibility index (Phi) is 4.70. The number of carbonyl (C=O) groups is 1. The van der Waals surface area contributed by atoms with Gasteiger partial charge in [0.2, 0.25) is 0 Å². The normalized spacial score (nSPS) is 14.2. The highest BCUT2D eigenvalue weighted by atomic mass is 16.6. The van der Waals surface area contributed by atoms with Gasteiger partial charge in [-0.25, -0.2) is 4.79 Å². The van der Waals surface area contributed by atoms with Crippen molar-refractivity contribution in [1.82, 2.24) is 14.7 Å². The van der Waals surface area contributed by atoms with Crippen LogP contribution in [0, 0.1) is 0 Å². The van der Waals surface area contributed by atoms with Gasteiger partial charge in [0, 0.05) is 26.3 Å². The van der Waals surface area contributed by atoms with E-state index in [9.17, 15) is 4.79 Å². The number of ether oxygens (including phenoxy) is 2. The Labute approximate surface area is 148 Å². The van der Waals surface area contributed by atoms with Gasteiger partial charge in [0.05, 0.1) is 5.69 Å². The highest BCUT2D eigenvalue weighted by molar-refractivity contribution is 5.68. The molecule has 25 heavy (non-hydrogen) atoms. The van der Waals surface area contributed by atoms with Gasteiger partial charge in [0.1, 0.15) is 18.0 Å². The van der Waals surface area contributed by atoms with E-state index in [4.69, 9.17) is 9.47 Å². The molecule has 0 bridgehead atoms. The van der Waals surface area contributed by atoms with Crippen LogP contribution in [0.15, 0.2) is 30.5 Å². The van der Waals surface area contributed by atoms with Crippen molar-refractivity contribution in [2.75, 3.05) is 6.54 Å². The predicted octanol–water partition coefficient (Wildman–Crippen LogP) is 3.29. The molecular weight excluding hydrogens is 318 g/mol. The topological polar surface area (TPSA) is 56.6 Å². The summed E-state index contributed by atoms with van der Waals surface area (Å²) in [6, 6.07) is 7.99. The standard InChI is InChI=1S/C19H25N3O3/c1-19(2,3)25-18(23)22-10-8-14-11-17(6-5-15(14)12-22)24-13-16-7-9-20-21(16)4/h5-7,9,11H,8,10,12-13H2,1-4H3. The van der Waals surface area contributed by atoms with Crippen LogP contribution in [-0.4, -0.2) is 32.9 Å². The number of nitrogens with zero attached hydrogens (tertiary/aromatic N) is 3. The van der Waals surface area contributed by atoms with Crippen molar-refractivity contribution in [1.29, 1.82) is 0 Å². The Hall–Kier alpha value is -2.50. The second kappa shape index (κ2) is 6.78. The van der Waals surface area contributed by atoms with E-state index in [1.165, 1.54) is 5.56 Å². The fraction of sp³-hybridized carbons (Fsp3) is 0.474. The summed E-state index contributed by atoms with van der Waals surface area (Å²) in [5, 5.41) is 4.14. The largest absolute Gasteiger partial charge is 0.487 e. The first-order valence-corrected chi connectivity index (χ1v) is 8.51. The monoisotopic (exact) mass is 343 g/mol. The first kappa shape index (κ1) is 17.3. The number of carbonyl (C=O) groups excluding carboxylic acids is 1. The molecule has 1 amide bonds. The number of rotatable bonds is 3. The van der Waals surface area contributed by atoms with Crippen LogP contribution in [0.25, 0.3) is 0 Å². The molecule has 1 aliphatic heterocycles. The smallest absolute Gasteiger partial charge is 0.410 e. The Morgan fingerprint density at radius 2 is 2.04 bits per heavy atom. The molecule has 1 aliphatic rings. The summed E-state index contributed by atoms with van der Waals surface area (Å²) in [5.41, 5.74) is 2.92. The third-order valence-electron chi connectivity index (χ3n) is 4.15. The van der Waals surface area contributed by atoms with Crippen LogP contribution in [0.3, 0.4) is 0 Å². The zero-order valence-electron chi connectivity index (χ0n) is 15.3. The van der Waals surface area contributed by atoms with E-state index in [1.807, 2.05) is 46.0 Å². The minimum Gasteiger partial charge on any atom is -0.487 e. The van der Waals surface area contributed by atoms with E-state index in [2.05, 4.69) is 11.2 Å². The van der Waals surface area contributed by atoms with E-state index in [0.717, 1.165) is 23.4 Å². The van der Waals surface area contributed by atoms with Crippen LogP contribution in [-0.2, 0) is 31.4 Å². The van der Waals surface area contributed by atoms with E-state index >= 15 is 0 Å². The van der Waals surface area contributed by atoms with Gasteiger partial charge in [0.25, 0.3) is 0 Å². The van der Waals surface area contributed by atoms with Gasteiger partial charge in [-0.1, -0.05) is 6.07 Å². The number of amides is 1. The van der Waals surface area contributed by atoms with Gasteiger partial charge in [-0.3, -0.25) is 4.68 Å². The molecule has 0 radical (unpaired) electrons. The maximum absolute atomic E-state index is 12.2. The number of hydrogen-bond acceptors (Lipinski definition) is 4. The molecule has 2 aromatic rings. The lowest BCUT2D eigenvalue weighted by Gasteiger charge is -2.31. The zero-order chi connectivity index (χ0) is 18.0. The van der Waals surface area contributed by atoms with Crippen LogP contribution in [0.1, 0.15) is 37.6 Å². The number of hydrogen-bond donors (Lipinski definition) is 0. The average Bonchev–Trinajstić information content (AvgIpc) is 2.95. The number of benzene rings is 1. The molecule has 0 saturated heterocycles. The molecule has 1 aromatic heterocycles.